The van der Waals surface area contributed by atoms with Gasteiger partial charge in [-0.2, -0.15) is 0 Å². The molecule has 0 aromatic carbocycles. The van der Waals surface area contributed by atoms with Gasteiger partial charge < -0.3 is 35.3 Å². The molecule has 5 N–H and O–H groups in total. The second-order valence-electron chi connectivity index (χ2n) is 8.68. The molecule has 1 aliphatic carbocycles. The van der Waals surface area contributed by atoms with Crippen LogP contribution in [0.3, 0.4) is 0 Å². The first-order valence-electron chi connectivity index (χ1n) is 10.5. The summed E-state index contributed by atoms with van der Waals surface area (Å²) in [6.45, 7) is 1.69. The number of rotatable bonds is 2. The molecule has 1 saturated heterocycles. The zero-order chi connectivity index (χ0) is 21.2. The molecular formula is C21H24N6O4. The van der Waals surface area contributed by atoms with Crippen molar-refractivity contribution in [3.05, 3.63) is 36.4 Å². The fourth-order valence-electron chi connectivity index (χ4n) is 5.28. The molecule has 6 rings (SSSR count). The van der Waals surface area contributed by atoms with Crippen LogP contribution in [0.1, 0.15) is 30.6 Å². The zero-order valence-corrected chi connectivity index (χ0v) is 16.8. The summed E-state index contributed by atoms with van der Waals surface area (Å²) in [5.74, 6) is 1.85. The molecule has 5 heterocycles. The summed E-state index contributed by atoms with van der Waals surface area (Å²) in [6, 6.07) is 3.46. The first kappa shape index (κ1) is 18.8. The molecule has 3 aliphatic rings. The van der Waals surface area contributed by atoms with Crippen molar-refractivity contribution in [1.29, 1.82) is 0 Å². The van der Waals surface area contributed by atoms with Gasteiger partial charge in [0.05, 0.1) is 36.8 Å². The lowest BCUT2D eigenvalue weighted by atomic mass is 9.80. The Bertz CT molecular complexity index is 1150. The van der Waals surface area contributed by atoms with E-state index in [-0.39, 0.29) is 12.1 Å². The largest absolute Gasteiger partial charge is 0.488 e. The van der Waals surface area contributed by atoms with Gasteiger partial charge in [0.1, 0.15) is 30.5 Å². The fourth-order valence-corrected chi connectivity index (χ4v) is 5.28. The molecule has 3 aromatic heterocycles. The van der Waals surface area contributed by atoms with Crippen LogP contribution in [0, 0.1) is 5.41 Å². The molecule has 10 heteroatoms. The van der Waals surface area contributed by atoms with E-state index in [1.807, 2.05) is 22.9 Å². The van der Waals surface area contributed by atoms with Gasteiger partial charge in [0, 0.05) is 23.4 Å². The van der Waals surface area contributed by atoms with Crippen molar-refractivity contribution < 1.29 is 19.7 Å². The molecule has 3 aromatic rings. The Kier molecular flexibility index (Phi) is 4.11. The summed E-state index contributed by atoms with van der Waals surface area (Å²) in [7, 11) is 0. The number of nitrogens with two attached hydrogens (primary N) is 1. The van der Waals surface area contributed by atoms with Crippen LogP contribution in [0.25, 0.3) is 11.0 Å². The third-order valence-electron chi connectivity index (χ3n) is 6.92. The number of aliphatic hydroxyl groups excluding tert-OH is 2. The van der Waals surface area contributed by atoms with E-state index in [9.17, 15) is 10.2 Å². The van der Waals surface area contributed by atoms with E-state index < -0.39 is 17.6 Å². The number of aromatic nitrogens is 4. The van der Waals surface area contributed by atoms with Gasteiger partial charge in [-0.1, -0.05) is 0 Å². The Balaban J connectivity index is 1.28. The van der Waals surface area contributed by atoms with Crippen LogP contribution in [-0.2, 0) is 4.74 Å². The highest BCUT2D eigenvalue weighted by molar-refractivity contribution is 5.86. The van der Waals surface area contributed by atoms with Crippen molar-refractivity contribution >= 4 is 22.7 Å². The summed E-state index contributed by atoms with van der Waals surface area (Å²) in [4.78, 5) is 12.8. The van der Waals surface area contributed by atoms with Crippen LogP contribution in [0.5, 0.6) is 5.75 Å². The van der Waals surface area contributed by atoms with Gasteiger partial charge in [0.2, 0.25) is 0 Å². The minimum absolute atomic E-state index is 0.219. The Morgan fingerprint density at radius 3 is 3.03 bits per heavy atom. The molecule has 0 amide bonds. The second kappa shape index (κ2) is 6.78. The molecule has 5 atom stereocenters. The van der Waals surface area contributed by atoms with Gasteiger partial charge in [0.25, 0.3) is 0 Å². The maximum Gasteiger partial charge on any atom is 0.168 e. The first-order valence-corrected chi connectivity index (χ1v) is 10.5. The molecule has 1 saturated carbocycles. The lowest BCUT2D eigenvalue weighted by Gasteiger charge is -2.26. The van der Waals surface area contributed by atoms with Crippen molar-refractivity contribution in [3.63, 3.8) is 0 Å². The van der Waals surface area contributed by atoms with E-state index in [1.54, 1.807) is 6.20 Å². The number of hydrogen-bond donors (Lipinski definition) is 4. The normalized spacial score (nSPS) is 32.2. The van der Waals surface area contributed by atoms with Crippen LogP contribution in [-0.4, -0.2) is 61.7 Å². The average molecular weight is 424 g/mol. The number of hydrogen-bond acceptors (Lipinski definition) is 9. The van der Waals surface area contributed by atoms with E-state index in [4.69, 9.17) is 15.2 Å². The van der Waals surface area contributed by atoms with Crippen LogP contribution in [0.15, 0.2) is 30.9 Å². The lowest BCUT2D eigenvalue weighted by Crippen LogP contribution is -2.37. The molecule has 1 spiro atoms. The minimum Gasteiger partial charge on any atom is -0.488 e. The Morgan fingerprint density at radius 1 is 1.23 bits per heavy atom. The molecule has 10 nitrogen and oxygen atoms in total. The van der Waals surface area contributed by atoms with Gasteiger partial charge in [-0.05, 0) is 25.0 Å². The van der Waals surface area contributed by atoms with Crippen molar-refractivity contribution in [2.24, 2.45) is 5.41 Å². The molecule has 2 fully saturated rings. The van der Waals surface area contributed by atoms with Gasteiger partial charge in [0.15, 0.2) is 11.6 Å². The number of anilines is 2. The van der Waals surface area contributed by atoms with Gasteiger partial charge in [-0.25, -0.2) is 15.0 Å². The lowest BCUT2D eigenvalue weighted by molar-refractivity contribution is -0.0309. The highest BCUT2D eigenvalue weighted by Crippen LogP contribution is 2.55. The van der Waals surface area contributed by atoms with Gasteiger partial charge in [-0.3, -0.25) is 0 Å². The second-order valence-corrected chi connectivity index (χ2v) is 8.68. The Morgan fingerprint density at radius 2 is 2.13 bits per heavy atom. The number of ether oxygens (including phenoxy) is 2. The number of fused-ring (bicyclic) bond motifs is 2. The number of nitrogen functional groups attached to an aromatic ring is 1. The number of pyridine rings is 1. The van der Waals surface area contributed by atoms with Crippen LogP contribution < -0.4 is 15.8 Å². The molecular weight excluding hydrogens is 400 g/mol. The Labute approximate surface area is 178 Å². The predicted octanol–water partition coefficient (Wildman–Crippen LogP) is 1.03. The average Bonchev–Trinajstić information content (AvgIpc) is 3.48. The van der Waals surface area contributed by atoms with Crippen molar-refractivity contribution in [2.75, 3.05) is 30.8 Å². The first-order chi connectivity index (χ1) is 15.1. The van der Waals surface area contributed by atoms with Crippen molar-refractivity contribution in [2.45, 2.75) is 37.2 Å². The molecule has 2 aliphatic heterocycles. The standard InChI is InChI=1S/C21H24N6O4/c22-18-12-1-3-27(20(12)26-10-25-18)13-6-21(17(29)16(13)28)7-15(31-9-21)11-5-14-19(24-8-11)23-2-4-30-14/h1,3,5,8,10,13,15-17,28-29H,2,4,6-7,9H2,(H,23,24)(H2,22,25,26). The van der Waals surface area contributed by atoms with Crippen LogP contribution in [0.2, 0.25) is 0 Å². The van der Waals surface area contributed by atoms with E-state index in [0.717, 1.165) is 23.3 Å². The van der Waals surface area contributed by atoms with Gasteiger partial charge in [-0.15, -0.1) is 0 Å². The monoisotopic (exact) mass is 424 g/mol. The third kappa shape index (κ3) is 2.79. The molecule has 5 unspecified atom stereocenters. The Hall–Kier alpha value is -2.95. The fraction of sp³-hybridized carbons (Fsp3) is 0.476. The van der Waals surface area contributed by atoms with Gasteiger partial charge >= 0.3 is 0 Å². The van der Waals surface area contributed by atoms with Crippen LogP contribution in [0.4, 0.5) is 11.6 Å². The highest BCUT2D eigenvalue weighted by Gasteiger charge is 2.57. The SMILES string of the molecule is Nc1ncnc2c1ccn2C1CC2(COC(c3cnc4c(c3)OCCN4)C2)C(O)C1O. The topological polar surface area (TPSA) is 141 Å². The van der Waals surface area contributed by atoms with E-state index in [0.29, 0.717) is 43.3 Å². The number of nitrogens with one attached hydrogen (secondary N) is 1. The summed E-state index contributed by atoms with van der Waals surface area (Å²) < 4.78 is 13.7. The van der Waals surface area contributed by atoms with E-state index in [1.165, 1.54) is 6.33 Å². The summed E-state index contributed by atoms with van der Waals surface area (Å²) in [5.41, 5.74) is 6.97. The zero-order valence-electron chi connectivity index (χ0n) is 16.8. The highest BCUT2D eigenvalue weighted by atomic mass is 16.5. The summed E-state index contributed by atoms with van der Waals surface area (Å²) in [6.07, 6.45) is 4.13. The molecule has 0 bridgehead atoms. The summed E-state index contributed by atoms with van der Waals surface area (Å²) in [5, 5.41) is 26.0. The molecule has 162 valence electrons. The third-order valence-corrected chi connectivity index (χ3v) is 6.92. The van der Waals surface area contributed by atoms with E-state index in [2.05, 4.69) is 20.3 Å². The number of aliphatic hydroxyl groups is 2. The maximum absolute atomic E-state index is 11.0. The van der Waals surface area contributed by atoms with E-state index >= 15 is 0 Å². The van der Waals surface area contributed by atoms with Crippen molar-refractivity contribution in [3.8, 4) is 5.75 Å². The summed E-state index contributed by atoms with van der Waals surface area (Å²) >= 11 is 0. The smallest absolute Gasteiger partial charge is 0.168 e. The number of nitrogens with zero attached hydrogens (tertiary/aromatic N) is 4. The quantitative estimate of drug-likeness (QED) is 0.475. The van der Waals surface area contributed by atoms with Crippen molar-refractivity contribution in [1.82, 2.24) is 19.5 Å². The predicted molar refractivity (Wildman–Crippen MR) is 112 cm³/mol. The molecule has 0 radical (unpaired) electrons. The minimum atomic E-state index is -0.941. The van der Waals surface area contributed by atoms with Crippen LogP contribution >= 0.6 is 0 Å². The maximum atomic E-state index is 11.0. The molecule has 31 heavy (non-hydrogen) atoms.